The van der Waals surface area contributed by atoms with Crippen LogP contribution in [0.1, 0.15) is 104 Å². The molecule has 0 rings (SSSR count). The highest BCUT2D eigenvalue weighted by Crippen LogP contribution is 2.41. The van der Waals surface area contributed by atoms with Gasteiger partial charge in [-0.15, -0.1) is 0 Å². The minimum absolute atomic E-state index is 0.0315. The Morgan fingerprint density at radius 2 is 1.41 bits per heavy atom. The molecule has 3 atom stereocenters. The van der Waals surface area contributed by atoms with Crippen LogP contribution in [0.3, 0.4) is 0 Å². The molecular weight excluding hydrogens is 453 g/mol. The molecule has 0 radical (unpaired) electrons. The number of hydrogen-bond donors (Lipinski definition) is 1. The molecule has 0 fully saturated rings. The third-order valence-corrected chi connectivity index (χ3v) is 7.20. The topological polar surface area (TPSA) is 85.3 Å². The Hall–Kier alpha value is -0.460. The normalized spacial score (nSPS) is 15.3. The average Bonchev–Trinajstić information content (AvgIpc) is 2.76. The van der Waals surface area contributed by atoms with Crippen molar-refractivity contribution in [3.05, 3.63) is 0 Å². The van der Waals surface area contributed by atoms with Crippen molar-refractivity contribution in [3.63, 3.8) is 0 Å². The lowest BCUT2D eigenvalue weighted by Crippen LogP contribution is -2.28. The number of carbonyl (C=O) groups is 1. The summed E-state index contributed by atoms with van der Waals surface area (Å²) >= 11 is 0. The summed E-state index contributed by atoms with van der Waals surface area (Å²) in [5, 5.41) is 0. The van der Waals surface area contributed by atoms with Crippen LogP contribution in [0.5, 0.6) is 0 Å². The summed E-state index contributed by atoms with van der Waals surface area (Å²) in [6.45, 7) is 6.78. The lowest BCUT2D eigenvalue weighted by molar-refractivity contribution is -0.151. The van der Waals surface area contributed by atoms with Crippen LogP contribution in [-0.2, 0) is 23.4 Å². The standard InChI is InChI=1S/C26H54NO6P/c1-6-7-8-9-10-11-12-13-14-15-16-17-18-24(2)21-31-22-26(33-25(3)28)23-32-34(29,30)20-19-27(4)5/h24,26H,6-23H2,1-5H3,(H,29,30). The van der Waals surface area contributed by atoms with Crippen LogP contribution in [0.4, 0.5) is 0 Å². The predicted octanol–water partition coefficient (Wildman–Crippen LogP) is 6.43. The zero-order chi connectivity index (χ0) is 25.7. The molecule has 34 heavy (non-hydrogen) atoms. The zero-order valence-electron chi connectivity index (χ0n) is 22.8. The molecule has 204 valence electrons. The van der Waals surface area contributed by atoms with Gasteiger partial charge in [-0.1, -0.05) is 90.9 Å². The quantitative estimate of drug-likeness (QED) is 0.0916. The monoisotopic (exact) mass is 507 g/mol. The average molecular weight is 508 g/mol. The maximum Gasteiger partial charge on any atom is 0.329 e. The molecule has 1 N–H and O–H groups in total. The van der Waals surface area contributed by atoms with E-state index >= 15 is 0 Å². The molecule has 0 aromatic heterocycles. The van der Waals surface area contributed by atoms with Crippen molar-refractivity contribution >= 4 is 13.6 Å². The Morgan fingerprint density at radius 1 is 0.882 bits per heavy atom. The van der Waals surface area contributed by atoms with Gasteiger partial charge in [0, 0.05) is 20.1 Å². The molecule has 8 heteroatoms. The highest BCUT2D eigenvalue weighted by molar-refractivity contribution is 7.52. The molecule has 0 heterocycles. The summed E-state index contributed by atoms with van der Waals surface area (Å²) in [7, 11) is -0.0658. The van der Waals surface area contributed by atoms with Crippen LogP contribution in [0.15, 0.2) is 0 Å². The van der Waals surface area contributed by atoms with E-state index in [4.69, 9.17) is 14.0 Å². The van der Waals surface area contributed by atoms with Crippen molar-refractivity contribution in [3.8, 4) is 0 Å². The fraction of sp³-hybridized carbons (Fsp3) is 0.962. The van der Waals surface area contributed by atoms with Crippen molar-refractivity contribution < 1.29 is 28.3 Å². The van der Waals surface area contributed by atoms with Crippen LogP contribution < -0.4 is 0 Å². The minimum Gasteiger partial charge on any atom is -0.458 e. The van der Waals surface area contributed by atoms with Crippen molar-refractivity contribution in [2.24, 2.45) is 5.92 Å². The number of rotatable bonds is 24. The van der Waals surface area contributed by atoms with E-state index in [9.17, 15) is 14.3 Å². The summed E-state index contributed by atoms with van der Waals surface area (Å²) in [6.07, 6.45) is 16.6. The van der Waals surface area contributed by atoms with Crippen LogP contribution in [-0.4, -0.2) is 68.5 Å². The van der Waals surface area contributed by atoms with E-state index in [1.54, 1.807) is 0 Å². The maximum atomic E-state index is 12.1. The number of esters is 1. The number of unbranched alkanes of at least 4 members (excludes halogenated alkanes) is 11. The fourth-order valence-corrected chi connectivity index (χ4v) is 4.94. The van der Waals surface area contributed by atoms with Gasteiger partial charge in [-0.2, -0.15) is 0 Å². The van der Waals surface area contributed by atoms with Gasteiger partial charge in [-0.05, 0) is 26.4 Å². The summed E-state index contributed by atoms with van der Waals surface area (Å²) in [5.41, 5.74) is 0. The van der Waals surface area contributed by atoms with Crippen molar-refractivity contribution in [1.29, 1.82) is 0 Å². The largest absolute Gasteiger partial charge is 0.458 e. The molecule has 0 aromatic carbocycles. The highest BCUT2D eigenvalue weighted by atomic mass is 31.2. The smallest absolute Gasteiger partial charge is 0.329 e. The number of ether oxygens (including phenoxy) is 2. The van der Waals surface area contributed by atoms with Crippen LogP contribution in [0.25, 0.3) is 0 Å². The van der Waals surface area contributed by atoms with Gasteiger partial charge in [0.25, 0.3) is 0 Å². The molecule has 0 bridgehead atoms. The van der Waals surface area contributed by atoms with Gasteiger partial charge < -0.3 is 23.8 Å². The van der Waals surface area contributed by atoms with Crippen molar-refractivity contribution in [2.45, 2.75) is 110 Å². The maximum absolute atomic E-state index is 12.1. The molecule has 0 aliphatic carbocycles. The lowest BCUT2D eigenvalue weighted by Gasteiger charge is -2.21. The SMILES string of the molecule is CCCCCCCCCCCCCCC(C)COCC(COP(=O)(O)CCN(C)C)OC(C)=O. The molecule has 0 saturated heterocycles. The van der Waals surface area contributed by atoms with Crippen LogP contribution in [0, 0.1) is 5.92 Å². The van der Waals surface area contributed by atoms with Gasteiger partial charge >= 0.3 is 13.6 Å². The number of hydrogen-bond acceptors (Lipinski definition) is 6. The molecule has 0 saturated carbocycles. The van der Waals surface area contributed by atoms with Crippen LogP contribution >= 0.6 is 7.60 Å². The second kappa shape index (κ2) is 21.8. The first-order chi connectivity index (χ1) is 16.2. The summed E-state index contributed by atoms with van der Waals surface area (Å²) < 4.78 is 28.2. The molecule has 0 amide bonds. The lowest BCUT2D eigenvalue weighted by atomic mass is 10.0. The molecule has 0 spiro atoms. The van der Waals surface area contributed by atoms with Gasteiger partial charge in [0.05, 0.1) is 19.4 Å². The fourth-order valence-electron chi connectivity index (χ4n) is 3.76. The van der Waals surface area contributed by atoms with Gasteiger partial charge in [0.15, 0.2) is 0 Å². The Bertz CT molecular complexity index is 531. The van der Waals surface area contributed by atoms with Gasteiger partial charge in [0.2, 0.25) is 0 Å². The second-order valence-electron chi connectivity index (χ2n) is 10.0. The van der Waals surface area contributed by atoms with Gasteiger partial charge in [0.1, 0.15) is 6.10 Å². The van der Waals surface area contributed by atoms with E-state index in [1.807, 2.05) is 19.0 Å². The molecule has 0 aliphatic heterocycles. The minimum atomic E-state index is -3.72. The van der Waals surface area contributed by atoms with Gasteiger partial charge in [-0.3, -0.25) is 9.36 Å². The van der Waals surface area contributed by atoms with Crippen molar-refractivity contribution in [1.82, 2.24) is 4.90 Å². The first kappa shape index (κ1) is 33.5. The second-order valence-corrected chi connectivity index (χ2v) is 12.0. The van der Waals surface area contributed by atoms with Crippen molar-refractivity contribution in [2.75, 3.05) is 46.6 Å². The first-order valence-electron chi connectivity index (χ1n) is 13.5. The summed E-state index contributed by atoms with van der Waals surface area (Å²) in [5.74, 6) is -0.0335. The Labute approximate surface area is 209 Å². The highest BCUT2D eigenvalue weighted by Gasteiger charge is 2.23. The summed E-state index contributed by atoms with van der Waals surface area (Å²) in [6, 6.07) is 0. The molecular formula is C26H54NO6P. The number of carbonyl (C=O) groups excluding carboxylic acids is 1. The molecule has 0 aliphatic rings. The van der Waals surface area contributed by atoms with E-state index in [1.165, 1.54) is 84.0 Å². The van der Waals surface area contributed by atoms with E-state index in [-0.39, 0.29) is 19.4 Å². The van der Waals surface area contributed by atoms with E-state index < -0.39 is 19.7 Å². The Morgan fingerprint density at radius 3 is 1.91 bits per heavy atom. The Kier molecular flexibility index (Phi) is 21.5. The van der Waals surface area contributed by atoms with E-state index in [0.717, 1.165) is 6.42 Å². The predicted molar refractivity (Wildman–Crippen MR) is 140 cm³/mol. The van der Waals surface area contributed by atoms with Gasteiger partial charge in [-0.25, -0.2) is 0 Å². The third kappa shape index (κ3) is 23.3. The Balaban J connectivity index is 3.85. The first-order valence-corrected chi connectivity index (χ1v) is 15.3. The molecule has 0 aromatic rings. The number of nitrogens with zero attached hydrogens (tertiary/aromatic N) is 1. The summed E-state index contributed by atoms with van der Waals surface area (Å²) in [4.78, 5) is 23.1. The molecule has 3 unspecified atom stereocenters. The zero-order valence-corrected chi connectivity index (χ0v) is 23.7. The third-order valence-electron chi connectivity index (χ3n) is 5.88. The van der Waals surface area contributed by atoms with E-state index in [0.29, 0.717) is 19.1 Å². The molecule has 7 nitrogen and oxygen atoms in total. The van der Waals surface area contributed by atoms with E-state index in [2.05, 4.69) is 13.8 Å². The van der Waals surface area contributed by atoms with Crippen LogP contribution in [0.2, 0.25) is 0 Å².